The maximum Gasteiger partial charge on any atom is 0.269 e. The molecule has 9 nitrogen and oxygen atoms in total. The molecule has 0 aromatic heterocycles. The van der Waals surface area contributed by atoms with Crippen LogP contribution in [0.2, 0.25) is 0 Å². The number of hydrogen-bond acceptors (Lipinski definition) is 6. The summed E-state index contributed by atoms with van der Waals surface area (Å²) in [7, 11) is 1.98. The maximum absolute atomic E-state index is 12.4. The van der Waals surface area contributed by atoms with Gasteiger partial charge in [0.1, 0.15) is 16.0 Å². The molecule has 0 saturated heterocycles. The van der Waals surface area contributed by atoms with Crippen molar-refractivity contribution in [2.24, 2.45) is 0 Å². The highest BCUT2D eigenvalue weighted by molar-refractivity contribution is 9.10. The lowest BCUT2D eigenvalue weighted by Crippen LogP contribution is -2.41. The molecule has 0 aliphatic rings. The van der Waals surface area contributed by atoms with Crippen LogP contribution in [-0.2, 0) is 10.0 Å². The van der Waals surface area contributed by atoms with Gasteiger partial charge in [0.25, 0.3) is 11.8 Å². The Morgan fingerprint density at radius 2 is 1.45 bits per heavy atom. The molecule has 0 radical (unpaired) electrons. The fourth-order valence-corrected chi connectivity index (χ4v) is 3.77. The molecule has 2 aromatic rings. The van der Waals surface area contributed by atoms with Crippen LogP contribution < -0.4 is 20.3 Å². The van der Waals surface area contributed by atoms with E-state index in [9.17, 15) is 18.0 Å². The molecule has 0 atom stereocenters. The average Bonchev–Trinajstić information content (AvgIpc) is 2.71. The number of halogens is 1. The highest BCUT2D eigenvalue weighted by atomic mass is 79.9. The van der Waals surface area contributed by atoms with E-state index >= 15 is 0 Å². The van der Waals surface area contributed by atoms with Crippen molar-refractivity contribution in [1.29, 1.82) is 0 Å². The SMILES string of the molecule is COc1cc(C(=O)NNC(=O)c2cccc(S(=O)(=O)N(C)C)c2)cc(OC)c1Br. The smallest absolute Gasteiger partial charge is 0.269 e. The Hall–Kier alpha value is -2.63. The third-order valence-corrected chi connectivity index (χ3v) is 6.46. The second-order valence-electron chi connectivity index (χ2n) is 5.92. The van der Waals surface area contributed by atoms with E-state index in [0.717, 1.165) is 4.31 Å². The Morgan fingerprint density at radius 3 is 1.93 bits per heavy atom. The Balaban J connectivity index is 2.17. The summed E-state index contributed by atoms with van der Waals surface area (Å²) >= 11 is 3.31. The largest absolute Gasteiger partial charge is 0.495 e. The summed E-state index contributed by atoms with van der Waals surface area (Å²) in [6, 6.07) is 8.42. The molecule has 11 heteroatoms. The minimum Gasteiger partial charge on any atom is -0.495 e. The molecule has 0 saturated carbocycles. The van der Waals surface area contributed by atoms with Crippen molar-refractivity contribution in [3.8, 4) is 11.5 Å². The van der Waals surface area contributed by atoms with E-state index in [1.54, 1.807) is 0 Å². The summed E-state index contributed by atoms with van der Waals surface area (Å²) < 4.78 is 36.4. The molecule has 0 aliphatic heterocycles. The van der Waals surface area contributed by atoms with Crippen LogP contribution in [0.15, 0.2) is 45.8 Å². The standard InChI is InChI=1S/C18H20BrN3O6S/c1-22(2)29(25,26)13-7-5-6-11(8-13)17(23)20-21-18(24)12-9-14(27-3)16(19)15(10-12)28-4/h5-10H,1-4H3,(H,20,23)(H,21,24). The minimum absolute atomic E-state index is 0.0381. The van der Waals surface area contributed by atoms with Gasteiger partial charge < -0.3 is 9.47 Å². The van der Waals surface area contributed by atoms with E-state index in [1.807, 2.05) is 0 Å². The van der Waals surface area contributed by atoms with Crippen molar-refractivity contribution >= 4 is 37.8 Å². The van der Waals surface area contributed by atoms with Crippen LogP contribution in [0.3, 0.4) is 0 Å². The molecular weight excluding hydrogens is 466 g/mol. The molecule has 156 valence electrons. The molecule has 2 rings (SSSR count). The van der Waals surface area contributed by atoms with E-state index in [1.165, 1.54) is 64.7 Å². The molecular formula is C18H20BrN3O6S. The first-order chi connectivity index (χ1) is 13.6. The third-order valence-electron chi connectivity index (χ3n) is 3.87. The lowest BCUT2D eigenvalue weighted by atomic mass is 10.2. The number of rotatable bonds is 6. The van der Waals surface area contributed by atoms with E-state index in [2.05, 4.69) is 26.8 Å². The van der Waals surface area contributed by atoms with E-state index in [4.69, 9.17) is 9.47 Å². The molecule has 2 amide bonds. The van der Waals surface area contributed by atoms with Gasteiger partial charge in [-0.15, -0.1) is 0 Å². The predicted molar refractivity (Wildman–Crippen MR) is 109 cm³/mol. The number of benzene rings is 2. The zero-order valence-electron chi connectivity index (χ0n) is 16.1. The first-order valence-corrected chi connectivity index (χ1v) is 10.4. The van der Waals surface area contributed by atoms with Gasteiger partial charge in [0.15, 0.2) is 0 Å². The van der Waals surface area contributed by atoms with Crippen LogP contribution >= 0.6 is 15.9 Å². The summed E-state index contributed by atoms with van der Waals surface area (Å²) in [5.41, 5.74) is 4.78. The van der Waals surface area contributed by atoms with E-state index in [0.29, 0.717) is 16.0 Å². The van der Waals surface area contributed by atoms with Crippen LogP contribution in [0.5, 0.6) is 11.5 Å². The third kappa shape index (κ3) is 5.05. The van der Waals surface area contributed by atoms with Crippen molar-refractivity contribution in [2.45, 2.75) is 4.90 Å². The summed E-state index contributed by atoms with van der Waals surface area (Å²) in [5, 5.41) is 0. The molecule has 0 fully saturated rings. The van der Waals surface area contributed by atoms with Crippen LogP contribution in [0.4, 0.5) is 0 Å². The molecule has 0 aliphatic carbocycles. The fraction of sp³-hybridized carbons (Fsp3) is 0.222. The van der Waals surface area contributed by atoms with Gasteiger partial charge in [-0.05, 0) is 46.3 Å². The van der Waals surface area contributed by atoms with Crippen LogP contribution in [0.25, 0.3) is 0 Å². The first-order valence-electron chi connectivity index (χ1n) is 8.16. The number of nitrogens with one attached hydrogen (secondary N) is 2. The van der Waals surface area contributed by atoms with Gasteiger partial charge in [0.05, 0.1) is 19.1 Å². The van der Waals surface area contributed by atoms with E-state index < -0.39 is 21.8 Å². The van der Waals surface area contributed by atoms with Crippen molar-refractivity contribution in [3.05, 3.63) is 52.0 Å². The van der Waals surface area contributed by atoms with Crippen LogP contribution in [0, 0.1) is 0 Å². The number of hydrogen-bond donors (Lipinski definition) is 2. The van der Waals surface area contributed by atoms with Gasteiger partial charge in [0, 0.05) is 25.2 Å². The van der Waals surface area contributed by atoms with Gasteiger partial charge in [-0.2, -0.15) is 0 Å². The Bertz CT molecular complexity index is 1010. The second kappa shape index (κ2) is 9.25. The van der Waals surface area contributed by atoms with Gasteiger partial charge in [-0.1, -0.05) is 6.07 Å². The molecule has 0 unspecified atom stereocenters. The molecule has 29 heavy (non-hydrogen) atoms. The minimum atomic E-state index is -3.69. The summed E-state index contributed by atoms with van der Waals surface area (Å²) in [4.78, 5) is 24.7. The van der Waals surface area contributed by atoms with Crippen molar-refractivity contribution in [3.63, 3.8) is 0 Å². The van der Waals surface area contributed by atoms with Gasteiger partial charge in [0.2, 0.25) is 10.0 Å². The second-order valence-corrected chi connectivity index (χ2v) is 8.86. The number of nitrogens with zero attached hydrogens (tertiary/aromatic N) is 1. The quantitative estimate of drug-likeness (QED) is 0.602. The zero-order chi connectivity index (χ0) is 21.8. The topological polar surface area (TPSA) is 114 Å². The number of amides is 2. The Labute approximate surface area is 177 Å². The van der Waals surface area contributed by atoms with Crippen LogP contribution in [-0.4, -0.2) is 52.9 Å². The molecule has 0 spiro atoms. The number of carbonyl (C=O) groups is 2. The van der Waals surface area contributed by atoms with Gasteiger partial charge >= 0.3 is 0 Å². The van der Waals surface area contributed by atoms with Crippen molar-refractivity contribution in [2.75, 3.05) is 28.3 Å². The monoisotopic (exact) mass is 485 g/mol. The zero-order valence-corrected chi connectivity index (χ0v) is 18.5. The normalized spacial score (nSPS) is 11.1. The molecule has 2 N–H and O–H groups in total. The summed E-state index contributed by atoms with van der Waals surface area (Å²) in [5.74, 6) is -0.533. The number of methoxy groups -OCH3 is 2. The maximum atomic E-state index is 12.4. The molecule has 2 aromatic carbocycles. The summed E-state index contributed by atoms with van der Waals surface area (Å²) in [6.07, 6.45) is 0. The van der Waals surface area contributed by atoms with Gasteiger partial charge in [-0.3, -0.25) is 20.4 Å². The predicted octanol–water partition coefficient (Wildman–Crippen LogP) is 1.79. The first kappa shape index (κ1) is 22.7. The van der Waals surface area contributed by atoms with Crippen molar-refractivity contribution in [1.82, 2.24) is 15.2 Å². The number of sulfonamides is 1. The number of ether oxygens (including phenoxy) is 2. The average molecular weight is 486 g/mol. The molecule has 0 bridgehead atoms. The van der Waals surface area contributed by atoms with Crippen molar-refractivity contribution < 1.29 is 27.5 Å². The number of carbonyl (C=O) groups excluding carboxylic acids is 2. The Morgan fingerprint density at radius 1 is 0.931 bits per heavy atom. The Kier molecular flexibility index (Phi) is 7.22. The lowest BCUT2D eigenvalue weighted by molar-refractivity contribution is 0.0846. The molecule has 0 heterocycles. The number of hydrazine groups is 1. The van der Waals surface area contributed by atoms with E-state index in [-0.39, 0.29) is 16.0 Å². The van der Waals surface area contributed by atoms with Crippen LogP contribution in [0.1, 0.15) is 20.7 Å². The fourth-order valence-electron chi connectivity index (χ4n) is 2.27. The van der Waals surface area contributed by atoms with Gasteiger partial charge in [-0.25, -0.2) is 12.7 Å². The highest BCUT2D eigenvalue weighted by Gasteiger charge is 2.19. The lowest BCUT2D eigenvalue weighted by Gasteiger charge is -2.13. The summed E-state index contributed by atoms with van der Waals surface area (Å²) in [6.45, 7) is 0. The highest BCUT2D eigenvalue weighted by Crippen LogP contribution is 2.35.